The van der Waals surface area contributed by atoms with Crippen molar-refractivity contribution < 1.29 is 23.8 Å². The summed E-state index contributed by atoms with van der Waals surface area (Å²) in [5.41, 5.74) is 2.02. The Labute approximate surface area is 186 Å². The molecular formula is C25H27FN2O4. The molecule has 168 valence electrons. The monoisotopic (exact) mass is 438 g/mol. The van der Waals surface area contributed by atoms with Crippen molar-refractivity contribution in [3.8, 4) is 5.75 Å². The molecule has 1 aliphatic rings. The molecule has 6 nitrogen and oxygen atoms in total. The molecule has 1 heterocycles. The molecule has 2 atom stereocenters. The van der Waals surface area contributed by atoms with E-state index in [1.807, 2.05) is 6.07 Å². The number of carboxylic acids is 1. The highest BCUT2D eigenvalue weighted by Crippen LogP contribution is 2.27. The summed E-state index contributed by atoms with van der Waals surface area (Å²) in [5.74, 6) is -1.78. The third kappa shape index (κ3) is 5.18. The van der Waals surface area contributed by atoms with Gasteiger partial charge in [0.1, 0.15) is 0 Å². The number of rotatable bonds is 8. The van der Waals surface area contributed by atoms with E-state index in [9.17, 15) is 9.18 Å². The molecule has 0 amide bonds. The lowest BCUT2D eigenvalue weighted by molar-refractivity contribution is -0.139. The predicted octanol–water partition coefficient (Wildman–Crippen LogP) is 4.00. The second-order valence-corrected chi connectivity index (χ2v) is 7.93. The summed E-state index contributed by atoms with van der Waals surface area (Å²) < 4.78 is 25.0. The summed E-state index contributed by atoms with van der Waals surface area (Å²) in [6.07, 6.45) is -0.0328. The number of hydrogen-bond donors (Lipinski definition) is 2. The molecule has 1 saturated heterocycles. The summed E-state index contributed by atoms with van der Waals surface area (Å²) in [6.45, 7) is 4.09. The molecule has 0 radical (unpaired) electrons. The van der Waals surface area contributed by atoms with Gasteiger partial charge in [0.05, 0.1) is 12.7 Å². The highest BCUT2D eigenvalue weighted by atomic mass is 19.1. The van der Waals surface area contributed by atoms with Crippen LogP contribution in [0, 0.1) is 5.82 Å². The predicted molar refractivity (Wildman–Crippen MR) is 122 cm³/mol. The number of nitrogens with zero attached hydrogens (tertiary/aromatic N) is 1. The number of anilines is 1. The van der Waals surface area contributed by atoms with E-state index >= 15 is 0 Å². The molecule has 0 bridgehead atoms. The minimum atomic E-state index is -1.15. The lowest BCUT2D eigenvalue weighted by Crippen LogP contribution is -2.47. The van der Waals surface area contributed by atoms with Crippen LogP contribution in [0.2, 0.25) is 0 Å². The molecule has 1 fully saturated rings. The van der Waals surface area contributed by atoms with E-state index in [2.05, 4.69) is 53.5 Å². The zero-order valence-electron chi connectivity index (χ0n) is 18.0. The Morgan fingerprint density at radius 3 is 2.91 bits per heavy atom. The largest absolute Gasteiger partial charge is 0.479 e. The van der Waals surface area contributed by atoms with Gasteiger partial charge in [-0.1, -0.05) is 42.5 Å². The molecule has 0 spiro atoms. The Kier molecular flexibility index (Phi) is 6.87. The fraction of sp³-hybridized carbons (Fsp3) is 0.320. The van der Waals surface area contributed by atoms with Crippen LogP contribution >= 0.6 is 0 Å². The van der Waals surface area contributed by atoms with Crippen LogP contribution in [-0.4, -0.2) is 50.0 Å². The molecule has 3 aromatic carbocycles. The first-order valence-corrected chi connectivity index (χ1v) is 10.7. The number of benzene rings is 3. The molecule has 0 aromatic heterocycles. The molecule has 2 N–H and O–H groups in total. The number of hydrogen-bond acceptors (Lipinski definition) is 5. The zero-order valence-corrected chi connectivity index (χ0v) is 18.0. The summed E-state index contributed by atoms with van der Waals surface area (Å²) in [5, 5.41) is 14.8. The van der Waals surface area contributed by atoms with Crippen molar-refractivity contribution in [1.29, 1.82) is 0 Å². The van der Waals surface area contributed by atoms with Crippen LogP contribution in [0.5, 0.6) is 5.75 Å². The average Bonchev–Trinajstić information content (AvgIpc) is 2.81. The number of nitrogens with one attached hydrogen (secondary N) is 1. The first kappa shape index (κ1) is 22.0. The number of halogens is 1. The molecule has 7 heteroatoms. The lowest BCUT2D eigenvalue weighted by Gasteiger charge is -2.35. The molecule has 3 aromatic rings. The summed E-state index contributed by atoms with van der Waals surface area (Å²) in [6, 6.07) is 19.4. The fourth-order valence-corrected chi connectivity index (χ4v) is 4.06. The molecular weight excluding hydrogens is 411 g/mol. The summed E-state index contributed by atoms with van der Waals surface area (Å²) in [4.78, 5) is 12.8. The van der Waals surface area contributed by atoms with Crippen molar-refractivity contribution in [2.24, 2.45) is 0 Å². The minimum Gasteiger partial charge on any atom is -0.479 e. The first-order valence-electron chi connectivity index (χ1n) is 10.7. The van der Waals surface area contributed by atoms with E-state index in [0.717, 1.165) is 5.69 Å². The van der Waals surface area contributed by atoms with Gasteiger partial charge in [-0.05, 0) is 35.4 Å². The summed E-state index contributed by atoms with van der Waals surface area (Å²) in [7, 11) is 0. The maximum atomic E-state index is 14.0. The van der Waals surface area contributed by atoms with Gasteiger partial charge in [0.15, 0.2) is 18.2 Å². The van der Waals surface area contributed by atoms with Crippen molar-refractivity contribution in [2.75, 3.05) is 37.7 Å². The second-order valence-electron chi connectivity index (χ2n) is 7.93. The molecule has 32 heavy (non-hydrogen) atoms. The molecule has 0 aliphatic carbocycles. The second kappa shape index (κ2) is 9.97. The topological polar surface area (TPSA) is 71.0 Å². The van der Waals surface area contributed by atoms with Crippen molar-refractivity contribution >= 4 is 22.4 Å². The van der Waals surface area contributed by atoms with Gasteiger partial charge in [-0.25, -0.2) is 9.18 Å². The van der Waals surface area contributed by atoms with Crippen LogP contribution in [0.4, 0.5) is 10.1 Å². The van der Waals surface area contributed by atoms with Gasteiger partial charge in [-0.3, -0.25) is 0 Å². The molecule has 1 aliphatic heterocycles. The van der Waals surface area contributed by atoms with Gasteiger partial charge in [0.25, 0.3) is 0 Å². The van der Waals surface area contributed by atoms with Crippen molar-refractivity contribution in [2.45, 2.75) is 19.1 Å². The number of carbonyl (C=O) groups is 1. The van der Waals surface area contributed by atoms with Crippen molar-refractivity contribution in [3.63, 3.8) is 0 Å². The highest BCUT2D eigenvalue weighted by molar-refractivity contribution is 5.86. The maximum absolute atomic E-state index is 14.0. The zero-order chi connectivity index (χ0) is 22.5. The number of aliphatic carboxylic acids is 1. The Balaban J connectivity index is 1.39. The number of ether oxygens (including phenoxy) is 2. The van der Waals surface area contributed by atoms with Crippen LogP contribution in [0.1, 0.15) is 18.5 Å². The van der Waals surface area contributed by atoms with Crippen molar-refractivity contribution in [1.82, 2.24) is 5.32 Å². The Morgan fingerprint density at radius 1 is 1.25 bits per heavy atom. The third-order valence-electron chi connectivity index (χ3n) is 5.71. The van der Waals surface area contributed by atoms with Crippen LogP contribution in [0.3, 0.4) is 0 Å². The van der Waals surface area contributed by atoms with E-state index in [0.29, 0.717) is 26.2 Å². The standard InChI is InChI=1S/C25H27FN2O4/c1-17(21-8-4-6-18-5-2-3-7-22(18)21)27-14-20-15-28(11-12-31-20)19-9-10-23(26)24(13-19)32-16-25(29)30/h2-10,13,17,20,27H,11-12,14-16H2,1H3,(H,29,30)/t17-,20?/m1/s1. The van der Waals surface area contributed by atoms with Gasteiger partial charge in [0.2, 0.25) is 0 Å². The van der Waals surface area contributed by atoms with Crippen LogP contribution in [0.15, 0.2) is 60.7 Å². The number of fused-ring (bicyclic) bond motifs is 1. The van der Waals surface area contributed by atoms with E-state index in [1.165, 1.54) is 22.4 Å². The minimum absolute atomic E-state index is 0.0328. The fourth-order valence-electron chi connectivity index (χ4n) is 4.06. The molecule has 1 unspecified atom stereocenters. The van der Waals surface area contributed by atoms with Gasteiger partial charge < -0.3 is 24.8 Å². The maximum Gasteiger partial charge on any atom is 0.341 e. The SMILES string of the molecule is C[C@@H](NCC1CN(c2ccc(F)c(OCC(=O)O)c2)CCO1)c1cccc2ccccc12. The van der Waals surface area contributed by atoms with Gasteiger partial charge in [0, 0.05) is 37.4 Å². The quantitative estimate of drug-likeness (QED) is 0.554. The van der Waals surface area contributed by atoms with E-state index in [-0.39, 0.29) is 17.9 Å². The number of carboxylic acid groups (broad SMARTS) is 1. The van der Waals surface area contributed by atoms with Crippen LogP contribution in [0.25, 0.3) is 10.8 Å². The van der Waals surface area contributed by atoms with E-state index in [4.69, 9.17) is 14.6 Å². The van der Waals surface area contributed by atoms with Crippen LogP contribution in [-0.2, 0) is 9.53 Å². The molecule has 0 saturated carbocycles. The van der Waals surface area contributed by atoms with E-state index in [1.54, 1.807) is 12.1 Å². The Hall–Kier alpha value is -3.16. The average molecular weight is 438 g/mol. The van der Waals surface area contributed by atoms with Gasteiger partial charge in [-0.2, -0.15) is 0 Å². The molecule has 4 rings (SSSR count). The van der Waals surface area contributed by atoms with Crippen LogP contribution < -0.4 is 15.0 Å². The number of morpholine rings is 1. The summed E-state index contributed by atoms with van der Waals surface area (Å²) >= 11 is 0. The lowest BCUT2D eigenvalue weighted by atomic mass is 9.99. The third-order valence-corrected chi connectivity index (χ3v) is 5.71. The normalized spacial score (nSPS) is 17.3. The first-order chi connectivity index (χ1) is 15.5. The Morgan fingerprint density at radius 2 is 2.06 bits per heavy atom. The smallest absolute Gasteiger partial charge is 0.341 e. The van der Waals surface area contributed by atoms with Gasteiger partial charge in [-0.15, -0.1) is 0 Å². The van der Waals surface area contributed by atoms with Gasteiger partial charge >= 0.3 is 5.97 Å². The Bertz CT molecular complexity index is 1090. The van der Waals surface area contributed by atoms with E-state index < -0.39 is 18.4 Å². The van der Waals surface area contributed by atoms with Crippen molar-refractivity contribution in [3.05, 3.63) is 72.0 Å². The highest BCUT2D eigenvalue weighted by Gasteiger charge is 2.22.